The topological polar surface area (TPSA) is 66.4 Å². The second-order valence-electron chi connectivity index (χ2n) is 5.51. The number of nitrogens with one attached hydrogen (secondary N) is 1. The van der Waals surface area contributed by atoms with Gasteiger partial charge in [0.15, 0.2) is 0 Å². The summed E-state index contributed by atoms with van der Waals surface area (Å²) >= 11 is 1.34. The van der Waals surface area contributed by atoms with E-state index in [1.807, 2.05) is 13.8 Å². The summed E-state index contributed by atoms with van der Waals surface area (Å²) in [4.78, 5) is 24.6. The minimum Gasteiger partial charge on any atom is -0.478 e. The van der Waals surface area contributed by atoms with Gasteiger partial charge in [0.25, 0.3) is 0 Å². The Bertz CT molecular complexity index is 527. The van der Waals surface area contributed by atoms with Crippen LogP contribution in [0.25, 0.3) is 0 Å². The molecule has 1 amide bonds. The number of amides is 1. The average molecular weight is 281 g/mol. The maximum absolute atomic E-state index is 12.3. The Labute approximate surface area is 116 Å². The van der Waals surface area contributed by atoms with E-state index < -0.39 is 5.97 Å². The highest BCUT2D eigenvalue weighted by atomic mass is 32.1. The number of carboxylic acids is 1. The number of rotatable bonds is 3. The molecule has 0 aliphatic heterocycles. The van der Waals surface area contributed by atoms with Crippen LogP contribution in [-0.4, -0.2) is 17.0 Å². The van der Waals surface area contributed by atoms with Crippen molar-refractivity contribution in [3.05, 3.63) is 16.0 Å². The summed E-state index contributed by atoms with van der Waals surface area (Å²) in [5.41, 5.74) is 0.628. The lowest BCUT2D eigenvalue weighted by Crippen LogP contribution is -2.31. The van der Waals surface area contributed by atoms with Gasteiger partial charge in [-0.2, -0.15) is 0 Å². The van der Waals surface area contributed by atoms with Gasteiger partial charge in [0, 0.05) is 10.3 Å². The minimum absolute atomic E-state index is 0.0475. The van der Waals surface area contributed by atoms with Crippen molar-refractivity contribution in [3.8, 4) is 0 Å². The molecule has 4 nitrogen and oxygen atoms in total. The van der Waals surface area contributed by atoms with E-state index in [0.717, 1.165) is 36.1 Å². The van der Waals surface area contributed by atoms with Crippen molar-refractivity contribution in [2.75, 3.05) is 5.32 Å². The molecule has 19 heavy (non-hydrogen) atoms. The van der Waals surface area contributed by atoms with E-state index in [2.05, 4.69) is 5.32 Å². The molecule has 0 atom stereocenters. The zero-order chi connectivity index (χ0) is 14.2. The van der Waals surface area contributed by atoms with Gasteiger partial charge < -0.3 is 10.4 Å². The first-order valence-electron chi connectivity index (χ1n) is 6.50. The maximum atomic E-state index is 12.3. The molecule has 0 radical (unpaired) electrons. The molecule has 1 aliphatic carbocycles. The van der Waals surface area contributed by atoms with Gasteiger partial charge in [-0.25, -0.2) is 4.79 Å². The molecule has 0 bridgehead atoms. The van der Waals surface area contributed by atoms with Crippen LogP contribution < -0.4 is 5.32 Å². The monoisotopic (exact) mass is 281 g/mol. The Balaban J connectivity index is 2.26. The summed E-state index contributed by atoms with van der Waals surface area (Å²) in [6.07, 6.45) is 3.89. The molecular formula is C14H19NO3S. The number of aryl methyl sites for hydroxylation is 1. The molecule has 1 aliphatic rings. The summed E-state index contributed by atoms with van der Waals surface area (Å²) < 4.78 is 0. The van der Waals surface area contributed by atoms with E-state index in [9.17, 15) is 14.7 Å². The van der Waals surface area contributed by atoms with Crippen molar-refractivity contribution in [2.45, 2.75) is 46.5 Å². The lowest BCUT2D eigenvalue weighted by Gasteiger charge is -2.21. The van der Waals surface area contributed by atoms with Crippen LogP contribution in [0.1, 0.15) is 53.4 Å². The van der Waals surface area contributed by atoms with Crippen molar-refractivity contribution in [3.63, 3.8) is 0 Å². The molecule has 0 saturated heterocycles. The molecule has 104 valence electrons. The molecule has 2 N–H and O–H groups in total. The van der Waals surface area contributed by atoms with Gasteiger partial charge in [-0.1, -0.05) is 19.8 Å². The smallest absolute Gasteiger partial charge is 0.338 e. The summed E-state index contributed by atoms with van der Waals surface area (Å²) in [6.45, 7) is 5.62. The molecule has 1 fully saturated rings. The first kappa shape index (κ1) is 14.1. The number of hydrogen-bond donors (Lipinski definition) is 2. The van der Waals surface area contributed by atoms with Crippen LogP contribution in [0.15, 0.2) is 0 Å². The molecular weight excluding hydrogens is 262 g/mol. The van der Waals surface area contributed by atoms with Crippen LogP contribution in [0.5, 0.6) is 0 Å². The quantitative estimate of drug-likeness (QED) is 0.890. The Morgan fingerprint density at radius 2 is 1.84 bits per heavy atom. The first-order chi connectivity index (χ1) is 8.85. The number of carbonyl (C=O) groups is 2. The van der Waals surface area contributed by atoms with E-state index in [1.54, 1.807) is 6.92 Å². The molecule has 2 rings (SSSR count). The van der Waals surface area contributed by atoms with E-state index >= 15 is 0 Å². The lowest BCUT2D eigenvalue weighted by atomic mass is 9.88. The van der Waals surface area contributed by atoms with Gasteiger partial charge in [-0.05, 0) is 32.3 Å². The number of carbonyl (C=O) groups excluding carboxylic acids is 1. The Morgan fingerprint density at radius 3 is 2.37 bits per heavy atom. The highest BCUT2D eigenvalue weighted by Gasteiger charge is 2.37. The van der Waals surface area contributed by atoms with Gasteiger partial charge in [0.05, 0.1) is 5.56 Å². The molecule has 0 aromatic carbocycles. The van der Waals surface area contributed by atoms with Crippen molar-refractivity contribution < 1.29 is 14.7 Å². The van der Waals surface area contributed by atoms with Gasteiger partial charge in [-0.3, -0.25) is 4.79 Å². The fourth-order valence-corrected chi connectivity index (χ4v) is 3.66. The van der Waals surface area contributed by atoms with E-state index in [-0.39, 0.29) is 16.9 Å². The van der Waals surface area contributed by atoms with Crippen LogP contribution in [0.2, 0.25) is 0 Å². The van der Waals surface area contributed by atoms with Crippen LogP contribution in [0.3, 0.4) is 0 Å². The maximum Gasteiger partial charge on any atom is 0.338 e. The molecule has 1 aromatic rings. The second kappa shape index (κ2) is 4.96. The highest BCUT2D eigenvalue weighted by Crippen LogP contribution is 2.40. The molecule has 5 heteroatoms. The summed E-state index contributed by atoms with van der Waals surface area (Å²) in [7, 11) is 0. The Morgan fingerprint density at radius 1 is 1.26 bits per heavy atom. The number of carboxylic acid groups (broad SMARTS) is 1. The zero-order valence-electron chi connectivity index (χ0n) is 11.5. The lowest BCUT2D eigenvalue weighted by molar-refractivity contribution is -0.124. The first-order valence-corrected chi connectivity index (χ1v) is 7.31. The second-order valence-corrected chi connectivity index (χ2v) is 6.74. The number of anilines is 1. The Hall–Kier alpha value is -1.36. The SMILES string of the molecule is Cc1sc(NC(=O)C2(C)CCCC2)c(C(=O)O)c1C. The molecule has 0 unspecified atom stereocenters. The van der Waals surface area contributed by atoms with Crippen molar-refractivity contribution in [1.82, 2.24) is 0 Å². The van der Waals surface area contributed by atoms with Gasteiger partial charge in [0.1, 0.15) is 5.00 Å². The molecule has 1 saturated carbocycles. The largest absolute Gasteiger partial charge is 0.478 e. The zero-order valence-corrected chi connectivity index (χ0v) is 12.3. The molecule has 1 heterocycles. The number of hydrogen-bond acceptors (Lipinski definition) is 3. The van der Waals surface area contributed by atoms with Crippen LogP contribution >= 0.6 is 11.3 Å². The standard InChI is InChI=1S/C14H19NO3S/c1-8-9(2)19-11(10(8)12(16)17)15-13(18)14(3)6-4-5-7-14/h4-7H2,1-3H3,(H,15,18)(H,16,17). The highest BCUT2D eigenvalue weighted by molar-refractivity contribution is 7.16. The predicted molar refractivity (Wildman–Crippen MR) is 76.0 cm³/mol. The van der Waals surface area contributed by atoms with E-state index in [1.165, 1.54) is 11.3 Å². The van der Waals surface area contributed by atoms with E-state index in [4.69, 9.17) is 0 Å². The number of thiophene rings is 1. The van der Waals surface area contributed by atoms with Crippen molar-refractivity contribution >= 4 is 28.2 Å². The van der Waals surface area contributed by atoms with Crippen molar-refractivity contribution in [2.24, 2.45) is 5.41 Å². The third-order valence-corrected chi connectivity index (χ3v) is 5.20. The predicted octanol–water partition coefficient (Wildman–Crippen LogP) is 3.58. The van der Waals surface area contributed by atoms with Gasteiger partial charge in [-0.15, -0.1) is 11.3 Å². The normalized spacial score (nSPS) is 17.4. The fourth-order valence-electron chi connectivity index (χ4n) is 2.61. The van der Waals surface area contributed by atoms with Crippen LogP contribution in [-0.2, 0) is 4.79 Å². The minimum atomic E-state index is -0.978. The van der Waals surface area contributed by atoms with Crippen LogP contribution in [0.4, 0.5) is 5.00 Å². The van der Waals surface area contributed by atoms with E-state index in [0.29, 0.717) is 5.00 Å². The summed E-state index contributed by atoms with van der Waals surface area (Å²) in [6, 6.07) is 0. The third kappa shape index (κ3) is 2.52. The van der Waals surface area contributed by atoms with Gasteiger partial charge in [0.2, 0.25) is 5.91 Å². The van der Waals surface area contributed by atoms with Crippen molar-refractivity contribution in [1.29, 1.82) is 0 Å². The molecule has 1 aromatic heterocycles. The number of aromatic carboxylic acids is 1. The third-order valence-electron chi connectivity index (χ3n) is 4.08. The van der Waals surface area contributed by atoms with Gasteiger partial charge >= 0.3 is 5.97 Å². The van der Waals surface area contributed by atoms with Crippen LogP contribution in [0, 0.1) is 19.3 Å². The summed E-state index contributed by atoms with van der Waals surface area (Å²) in [5, 5.41) is 12.6. The Kier molecular flexibility index (Phi) is 3.67. The molecule has 0 spiro atoms. The summed E-state index contributed by atoms with van der Waals surface area (Å²) in [5.74, 6) is -1.03. The fraction of sp³-hybridized carbons (Fsp3) is 0.571. The average Bonchev–Trinajstić information content (AvgIpc) is 2.86.